The third kappa shape index (κ3) is 8.63. The van der Waals surface area contributed by atoms with Gasteiger partial charge in [-0.05, 0) is 68.2 Å². The lowest BCUT2D eigenvalue weighted by molar-refractivity contribution is -0.383. The van der Waals surface area contributed by atoms with E-state index in [0.717, 1.165) is 12.0 Å². The first-order valence-electron chi connectivity index (χ1n) is 20.0. The smallest absolute Gasteiger partial charge is 0.355 e. The van der Waals surface area contributed by atoms with Gasteiger partial charge in [-0.3, -0.25) is 9.59 Å². The molecule has 4 aliphatic heterocycles. The van der Waals surface area contributed by atoms with Crippen LogP contribution in [0.2, 0.25) is 0 Å². The van der Waals surface area contributed by atoms with Crippen LogP contribution in [0.25, 0.3) is 0 Å². The molecule has 6 rings (SSSR count). The van der Waals surface area contributed by atoms with Gasteiger partial charge >= 0.3 is 17.9 Å². The Balaban J connectivity index is 1.35. The van der Waals surface area contributed by atoms with Crippen molar-refractivity contribution in [3.63, 3.8) is 0 Å². The zero-order valence-electron chi connectivity index (χ0n) is 33.5. The molecule has 1 unspecified atom stereocenters. The van der Waals surface area contributed by atoms with E-state index in [4.69, 9.17) is 28.4 Å². The van der Waals surface area contributed by atoms with Gasteiger partial charge in [0, 0.05) is 25.0 Å². The van der Waals surface area contributed by atoms with E-state index in [0.29, 0.717) is 18.4 Å². The van der Waals surface area contributed by atoms with Crippen molar-refractivity contribution < 1.29 is 58.1 Å². The number of allylic oxidation sites excluding steroid dienone is 4. The number of aromatic nitrogens is 1. The molecule has 0 saturated carbocycles. The van der Waals surface area contributed by atoms with Crippen molar-refractivity contribution in [1.82, 2.24) is 4.98 Å². The van der Waals surface area contributed by atoms with Crippen molar-refractivity contribution in [3.8, 4) is 0 Å². The predicted molar refractivity (Wildman–Crippen MR) is 204 cm³/mol. The maximum absolute atomic E-state index is 14.5. The maximum atomic E-state index is 14.5. The molecule has 0 amide bonds. The second kappa shape index (κ2) is 17.1. The second-order valence-electron chi connectivity index (χ2n) is 17.0. The molecule has 308 valence electrons. The molecule has 1 aliphatic carbocycles. The standard InChI is InChI=1S/C43H59NO12/c1-23(2)16-26(5)39(47)54-36-27(6)28(7)55-42(37(36)46)20-32-19-31(56-42)14-13-25(4)17-24(3)10-8-11-30-22-51-38-35(45)29(18-33(40(48)53-32)43(30,38)50)21-52-41(49)34-12-9-15-44-34/h8-13,15,18,23-24,26-28,31-33,35-38,44-46,50H,14,16-17,19-22H2,1-7H3/b10-8-,25-13-,30-11+/t24-,26?,27+,28+,31+,32-,33-,35+,36-,37+,38+,42+,43+/m0/s1. The molecule has 56 heavy (non-hydrogen) atoms. The highest BCUT2D eigenvalue weighted by Crippen LogP contribution is 2.48. The van der Waals surface area contributed by atoms with Gasteiger partial charge in [0.05, 0.1) is 24.7 Å². The molecule has 5 heterocycles. The van der Waals surface area contributed by atoms with Gasteiger partial charge in [0.15, 0.2) is 0 Å². The summed E-state index contributed by atoms with van der Waals surface area (Å²) in [6, 6.07) is 3.20. The number of esters is 3. The van der Waals surface area contributed by atoms with Crippen LogP contribution in [0.5, 0.6) is 0 Å². The SMILES string of the molecule is C/C1=C/C[C@@H]2C[C@@H](C[C@]3(O2)O[C@H](C)[C@@H](C)[C@H](OC(=O)C(C)CC(C)C)[C@H]3O)OC(=O)[C@@H]2C=C(COC(=O)c3ccc[nH]3)[C@@H](O)[C@H]3OC/C(=C\C=C/[C@H](C)C1)[C@]32O. The van der Waals surface area contributed by atoms with Crippen LogP contribution in [0.3, 0.4) is 0 Å². The molecule has 13 heteroatoms. The minimum atomic E-state index is -2.00. The van der Waals surface area contributed by atoms with Crippen molar-refractivity contribution in [2.24, 2.45) is 29.6 Å². The van der Waals surface area contributed by atoms with E-state index >= 15 is 0 Å². The minimum absolute atomic E-state index is 0.0580. The summed E-state index contributed by atoms with van der Waals surface area (Å²) in [7, 11) is 0. The van der Waals surface area contributed by atoms with Crippen LogP contribution in [0.15, 0.2) is 65.4 Å². The van der Waals surface area contributed by atoms with E-state index in [1.54, 1.807) is 24.4 Å². The van der Waals surface area contributed by atoms with Crippen LogP contribution in [0.1, 0.15) is 91.1 Å². The highest BCUT2D eigenvalue weighted by Gasteiger charge is 2.62. The van der Waals surface area contributed by atoms with Gasteiger partial charge in [0.2, 0.25) is 5.79 Å². The Bertz CT molecular complexity index is 1710. The molecule has 1 aromatic heterocycles. The molecule has 1 spiro atoms. The van der Waals surface area contributed by atoms with E-state index in [1.807, 2.05) is 53.7 Å². The van der Waals surface area contributed by atoms with Crippen LogP contribution in [0, 0.1) is 29.6 Å². The Labute approximate surface area is 329 Å². The Kier molecular flexibility index (Phi) is 12.8. The largest absolute Gasteiger partial charge is 0.462 e. The van der Waals surface area contributed by atoms with Crippen molar-refractivity contribution in [3.05, 3.63) is 71.1 Å². The Morgan fingerprint density at radius 1 is 1.11 bits per heavy atom. The quantitative estimate of drug-likeness (QED) is 0.168. The van der Waals surface area contributed by atoms with Gasteiger partial charge in [0.25, 0.3) is 0 Å². The van der Waals surface area contributed by atoms with Crippen LogP contribution >= 0.6 is 0 Å². The summed E-state index contributed by atoms with van der Waals surface area (Å²) in [4.78, 5) is 43.3. The van der Waals surface area contributed by atoms with Crippen molar-refractivity contribution in [1.29, 1.82) is 0 Å². The number of nitrogens with one attached hydrogen (secondary N) is 1. The van der Waals surface area contributed by atoms with Gasteiger partial charge < -0.3 is 48.7 Å². The topological polar surface area (TPSA) is 183 Å². The lowest BCUT2D eigenvalue weighted by Crippen LogP contribution is -2.67. The monoisotopic (exact) mass is 781 g/mol. The summed E-state index contributed by atoms with van der Waals surface area (Å²) in [5.41, 5.74) is -0.108. The molecule has 3 fully saturated rings. The van der Waals surface area contributed by atoms with Gasteiger partial charge in [-0.2, -0.15) is 0 Å². The molecule has 1 aromatic rings. The average Bonchev–Trinajstić information content (AvgIpc) is 3.80. The van der Waals surface area contributed by atoms with Gasteiger partial charge in [-0.1, -0.05) is 70.6 Å². The Morgan fingerprint density at radius 2 is 1.88 bits per heavy atom. The molecular weight excluding hydrogens is 722 g/mol. The number of rotatable bonds is 7. The molecule has 0 radical (unpaired) electrons. The van der Waals surface area contributed by atoms with E-state index in [-0.39, 0.29) is 61.0 Å². The van der Waals surface area contributed by atoms with Crippen molar-refractivity contribution in [2.75, 3.05) is 13.2 Å². The lowest BCUT2D eigenvalue weighted by Gasteiger charge is -2.53. The van der Waals surface area contributed by atoms with Gasteiger partial charge in [-0.15, -0.1) is 0 Å². The average molecular weight is 782 g/mol. The normalized spacial score (nSPS) is 40.6. The van der Waals surface area contributed by atoms with Crippen LogP contribution in [0.4, 0.5) is 0 Å². The summed E-state index contributed by atoms with van der Waals surface area (Å²) in [6.45, 7) is 13.3. The summed E-state index contributed by atoms with van der Waals surface area (Å²) >= 11 is 0. The highest BCUT2D eigenvalue weighted by atomic mass is 16.7. The number of ether oxygens (including phenoxy) is 6. The Hall–Kier alpha value is -3.59. The third-order valence-electron chi connectivity index (χ3n) is 12.0. The minimum Gasteiger partial charge on any atom is -0.462 e. The summed E-state index contributed by atoms with van der Waals surface area (Å²) < 4.78 is 37.0. The fraction of sp³-hybridized carbons (Fsp3) is 0.651. The zero-order valence-corrected chi connectivity index (χ0v) is 33.5. The van der Waals surface area contributed by atoms with Crippen LogP contribution < -0.4 is 0 Å². The first kappa shape index (κ1) is 42.0. The number of carbonyl (C=O) groups excluding carboxylic acids is 3. The summed E-state index contributed by atoms with van der Waals surface area (Å²) in [5, 5.41) is 36.1. The molecule has 3 saturated heterocycles. The number of aromatic amines is 1. The zero-order chi connectivity index (χ0) is 40.5. The van der Waals surface area contributed by atoms with E-state index in [2.05, 4.69) is 18.0 Å². The maximum Gasteiger partial charge on any atom is 0.355 e. The van der Waals surface area contributed by atoms with E-state index in [1.165, 1.54) is 6.08 Å². The number of fused-ring (bicyclic) bond motifs is 2. The van der Waals surface area contributed by atoms with Crippen LogP contribution in [-0.4, -0.2) is 106 Å². The molecule has 2 bridgehead atoms. The first-order chi connectivity index (χ1) is 26.5. The third-order valence-corrected chi connectivity index (χ3v) is 12.0. The Morgan fingerprint density at radius 3 is 2.59 bits per heavy atom. The first-order valence-corrected chi connectivity index (χ1v) is 20.0. The molecule has 13 nitrogen and oxygen atoms in total. The summed E-state index contributed by atoms with van der Waals surface area (Å²) in [6.07, 6.45) is 5.65. The highest BCUT2D eigenvalue weighted by molar-refractivity contribution is 5.87. The molecular formula is C43H59NO12. The lowest BCUT2D eigenvalue weighted by atomic mass is 9.70. The number of hydrogen-bond acceptors (Lipinski definition) is 12. The molecule has 4 N–H and O–H groups in total. The van der Waals surface area contributed by atoms with E-state index < -0.39 is 77.9 Å². The number of H-pyrrole nitrogens is 1. The number of aliphatic hydroxyl groups excluding tert-OH is 2. The number of aliphatic hydroxyl groups is 3. The van der Waals surface area contributed by atoms with Gasteiger partial charge in [0.1, 0.15) is 54.3 Å². The van der Waals surface area contributed by atoms with Crippen LogP contribution in [-0.2, 0) is 38.0 Å². The van der Waals surface area contributed by atoms with E-state index in [9.17, 15) is 29.7 Å². The molecule has 13 atom stereocenters. The predicted octanol–water partition coefficient (Wildman–Crippen LogP) is 4.87. The van der Waals surface area contributed by atoms with Gasteiger partial charge in [-0.25, -0.2) is 4.79 Å². The second-order valence-corrected chi connectivity index (χ2v) is 17.0. The molecule has 5 aliphatic rings. The summed E-state index contributed by atoms with van der Waals surface area (Å²) in [5.74, 6) is -5.30. The number of carbonyl (C=O) groups is 3. The molecule has 0 aromatic carbocycles. The fourth-order valence-corrected chi connectivity index (χ4v) is 8.88. The van der Waals surface area contributed by atoms with Crippen molar-refractivity contribution >= 4 is 17.9 Å². The number of hydrogen-bond donors (Lipinski definition) is 4. The fourth-order valence-electron chi connectivity index (χ4n) is 8.88. The van der Waals surface area contributed by atoms with Crippen molar-refractivity contribution in [2.45, 2.75) is 135 Å².